The van der Waals surface area contributed by atoms with Crippen molar-refractivity contribution in [2.75, 3.05) is 0 Å². The molecular formula is C15H17NO4. The first-order valence-electron chi connectivity index (χ1n) is 6.30. The molecule has 0 aliphatic carbocycles. The number of esters is 1. The van der Waals surface area contributed by atoms with Crippen molar-refractivity contribution in [1.82, 2.24) is 4.98 Å². The van der Waals surface area contributed by atoms with Crippen LogP contribution in [0.15, 0.2) is 24.3 Å². The Morgan fingerprint density at radius 3 is 2.60 bits per heavy atom. The summed E-state index contributed by atoms with van der Waals surface area (Å²) >= 11 is 0. The van der Waals surface area contributed by atoms with Crippen molar-refractivity contribution in [2.24, 2.45) is 5.41 Å². The summed E-state index contributed by atoms with van der Waals surface area (Å²) in [6, 6.07) is 6.82. The van der Waals surface area contributed by atoms with Gasteiger partial charge in [-0.1, -0.05) is 12.1 Å². The number of aromatic nitrogens is 1. The van der Waals surface area contributed by atoms with Gasteiger partial charge in [0.25, 0.3) is 0 Å². The van der Waals surface area contributed by atoms with Crippen molar-refractivity contribution >= 4 is 22.8 Å². The van der Waals surface area contributed by atoms with Gasteiger partial charge in [-0.15, -0.1) is 0 Å². The molecule has 0 spiro atoms. The number of aromatic carboxylic acids is 1. The van der Waals surface area contributed by atoms with E-state index >= 15 is 0 Å². The van der Waals surface area contributed by atoms with E-state index in [-0.39, 0.29) is 18.1 Å². The monoisotopic (exact) mass is 275 g/mol. The summed E-state index contributed by atoms with van der Waals surface area (Å²) in [5, 5.41) is 9.90. The zero-order valence-electron chi connectivity index (χ0n) is 11.7. The van der Waals surface area contributed by atoms with Crippen LogP contribution < -0.4 is 0 Å². The highest BCUT2D eigenvalue weighted by molar-refractivity contribution is 6.02. The number of para-hydroxylation sites is 1. The number of benzene rings is 1. The zero-order chi connectivity index (χ0) is 14.9. The maximum atomic E-state index is 11.7. The number of H-pyrrole nitrogens is 1. The molecule has 0 saturated carbocycles. The number of carboxylic acid groups (broad SMARTS) is 1. The Morgan fingerprint density at radius 2 is 2.00 bits per heavy atom. The Labute approximate surface area is 116 Å². The minimum atomic E-state index is -0.990. The van der Waals surface area contributed by atoms with Gasteiger partial charge in [-0.2, -0.15) is 0 Å². The number of ether oxygens (including phenoxy) is 1. The van der Waals surface area contributed by atoms with Crippen LogP contribution in [-0.2, 0) is 16.1 Å². The van der Waals surface area contributed by atoms with Crippen LogP contribution in [0.4, 0.5) is 0 Å². The summed E-state index contributed by atoms with van der Waals surface area (Å²) in [5.74, 6) is -1.29. The second kappa shape index (κ2) is 5.00. The number of nitrogens with one attached hydrogen (secondary N) is 1. The lowest BCUT2D eigenvalue weighted by molar-refractivity contribution is -0.154. The molecule has 5 heteroatoms. The summed E-state index contributed by atoms with van der Waals surface area (Å²) in [5.41, 5.74) is 0.863. The molecule has 0 amide bonds. The molecule has 0 saturated heterocycles. The van der Waals surface area contributed by atoms with Gasteiger partial charge in [0.2, 0.25) is 0 Å². The average molecular weight is 275 g/mol. The molecule has 1 aromatic carbocycles. The third-order valence-corrected chi connectivity index (χ3v) is 2.91. The fourth-order valence-corrected chi connectivity index (χ4v) is 1.83. The molecule has 0 radical (unpaired) electrons. The molecule has 0 aliphatic rings. The summed E-state index contributed by atoms with van der Waals surface area (Å²) < 4.78 is 5.20. The van der Waals surface area contributed by atoms with Crippen molar-refractivity contribution in [2.45, 2.75) is 27.4 Å². The maximum Gasteiger partial charge on any atom is 0.337 e. The molecule has 2 aromatic rings. The highest BCUT2D eigenvalue weighted by Gasteiger charge is 2.23. The molecule has 0 bridgehead atoms. The van der Waals surface area contributed by atoms with Gasteiger partial charge in [-0.05, 0) is 32.9 Å². The van der Waals surface area contributed by atoms with Crippen molar-refractivity contribution in [3.63, 3.8) is 0 Å². The lowest BCUT2D eigenvalue weighted by Crippen LogP contribution is -2.22. The number of fused-ring (bicyclic) bond motifs is 1. The number of carbonyl (C=O) groups excluding carboxylic acids is 1. The molecule has 0 unspecified atom stereocenters. The SMILES string of the molecule is CC(C)(C)C(=O)OCc1cc2cccc(C(=O)O)c2[nH]1. The predicted molar refractivity (Wildman–Crippen MR) is 74.5 cm³/mol. The smallest absolute Gasteiger partial charge is 0.337 e. The van der Waals surface area contributed by atoms with E-state index in [1.54, 1.807) is 32.9 Å². The van der Waals surface area contributed by atoms with Crippen molar-refractivity contribution in [3.05, 3.63) is 35.5 Å². The van der Waals surface area contributed by atoms with E-state index in [0.717, 1.165) is 5.39 Å². The van der Waals surface area contributed by atoms with E-state index in [2.05, 4.69) is 4.98 Å². The van der Waals surface area contributed by atoms with Crippen molar-refractivity contribution in [1.29, 1.82) is 0 Å². The summed E-state index contributed by atoms with van der Waals surface area (Å²) in [6.07, 6.45) is 0. The number of carboxylic acids is 1. The normalized spacial score (nSPS) is 11.6. The fraction of sp³-hybridized carbons (Fsp3) is 0.333. The first-order valence-corrected chi connectivity index (χ1v) is 6.30. The van der Waals surface area contributed by atoms with Gasteiger partial charge < -0.3 is 14.8 Å². The molecule has 2 N–H and O–H groups in total. The third kappa shape index (κ3) is 2.82. The maximum absolute atomic E-state index is 11.7. The summed E-state index contributed by atoms with van der Waals surface area (Å²) in [4.78, 5) is 25.8. The Hall–Kier alpha value is -2.30. The van der Waals surface area contributed by atoms with E-state index in [0.29, 0.717) is 11.2 Å². The van der Waals surface area contributed by atoms with E-state index < -0.39 is 11.4 Å². The van der Waals surface area contributed by atoms with Crippen LogP contribution in [0.1, 0.15) is 36.8 Å². The van der Waals surface area contributed by atoms with Gasteiger partial charge in [0.15, 0.2) is 0 Å². The fourth-order valence-electron chi connectivity index (χ4n) is 1.83. The Balaban J connectivity index is 2.23. The Kier molecular flexibility index (Phi) is 3.53. The number of carbonyl (C=O) groups is 2. The number of hydrogen-bond donors (Lipinski definition) is 2. The van der Waals surface area contributed by atoms with Gasteiger partial charge in [0.1, 0.15) is 6.61 Å². The molecule has 0 aliphatic heterocycles. The van der Waals surface area contributed by atoms with Crippen LogP contribution in [0, 0.1) is 5.41 Å². The lowest BCUT2D eigenvalue weighted by Gasteiger charge is -2.15. The first kappa shape index (κ1) is 14.1. The van der Waals surface area contributed by atoms with E-state index in [9.17, 15) is 9.59 Å². The van der Waals surface area contributed by atoms with Gasteiger partial charge in [-0.3, -0.25) is 4.79 Å². The zero-order valence-corrected chi connectivity index (χ0v) is 11.7. The van der Waals surface area contributed by atoms with Crippen molar-refractivity contribution < 1.29 is 19.4 Å². The van der Waals surface area contributed by atoms with Gasteiger partial charge in [0, 0.05) is 5.39 Å². The quantitative estimate of drug-likeness (QED) is 0.844. The lowest BCUT2D eigenvalue weighted by atomic mass is 9.97. The van der Waals surface area contributed by atoms with Crippen molar-refractivity contribution in [3.8, 4) is 0 Å². The Bertz CT molecular complexity index is 664. The Morgan fingerprint density at radius 1 is 1.30 bits per heavy atom. The van der Waals surface area contributed by atoms with Gasteiger partial charge in [-0.25, -0.2) is 4.79 Å². The summed E-state index contributed by atoms with van der Waals surface area (Å²) in [6.45, 7) is 5.44. The number of hydrogen-bond acceptors (Lipinski definition) is 3. The molecule has 1 heterocycles. The van der Waals surface area contributed by atoms with Crippen LogP contribution in [-0.4, -0.2) is 22.0 Å². The van der Waals surface area contributed by atoms with E-state index in [1.165, 1.54) is 6.07 Å². The van der Waals surface area contributed by atoms with Gasteiger partial charge >= 0.3 is 11.9 Å². The molecule has 0 atom stereocenters. The van der Waals surface area contributed by atoms with Crippen LogP contribution in [0.25, 0.3) is 10.9 Å². The molecule has 2 rings (SSSR count). The van der Waals surface area contributed by atoms with Crippen LogP contribution in [0.5, 0.6) is 0 Å². The minimum Gasteiger partial charge on any atom is -0.478 e. The van der Waals surface area contributed by atoms with Crippen LogP contribution in [0.2, 0.25) is 0 Å². The standard InChI is InChI=1S/C15H17NO4/c1-15(2,3)14(19)20-8-10-7-9-5-4-6-11(13(17)18)12(9)16-10/h4-7,16H,8H2,1-3H3,(H,17,18). The van der Waals surface area contributed by atoms with E-state index in [1.807, 2.05) is 6.07 Å². The number of rotatable bonds is 3. The van der Waals surface area contributed by atoms with Crippen LogP contribution >= 0.6 is 0 Å². The molecule has 20 heavy (non-hydrogen) atoms. The molecule has 1 aromatic heterocycles. The second-order valence-electron chi connectivity index (χ2n) is 5.70. The molecule has 0 fully saturated rings. The average Bonchev–Trinajstić information content (AvgIpc) is 2.76. The summed E-state index contributed by atoms with van der Waals surface area (Å²) in [7, 11) is 0. The second-order valence-corrected chi connectivity index (χ2v) is 5.70. The first-order chi connectivity index (χ1) is 9.29. The molecule has 5 nitrogen and oxygen atoms in total. The van der Waals surface area contributed by atoms with Gasteiger partial charge in [0.05, 0.1) is 22.2 Å². The van der Waals surface area contributed by atoms with E-state index in [4.69, 9.17) is 9.84 Å². The molecule has 106 valence electrons. The number of aromatic amines is 1. The highest BCUT2D eigenvalue weighted by Crippen LogP contribution is 2.21. The predicted octanol–water partition coefficient (Wildman–Crippen LogP) is 2.96. The minimum absolute atomic E-state index is 0.101. The highest BCUT2D eigenvalue weighted by atomic mass is 16.5. The largest absolute Gasteiger partial charge is 0.478 e. The topological polar surface area (TPSA) is 79.4 Å². The van der Waals surface area contributed by atoms with Crippen LogP contribution in [0.3, 0.4) is 0 Å². The third-order valence-electron chi connectivity index (χ3n) is 2.91. The molecular weight excluding hydrogens is 258 g/mol.